The Morgan fingerprint density at radius 2 is 2.20 bits per heavy atom. The van der Waals surface area contributed by atoms with E-state index >= 15 is 0 Å². The molecular formula is C17H20N2O6. The lowest BCUT2D eigenvalue weighted by molar-refractivity contribution is -0.119. The zero-order valence-corrected chi connectivity index (χ0v) is 13.7. The number of nitrogens with one attached hydrogen (secondary N) is 1. The molecule has 1 aromatic heterocycles. The standard InChI is InChI=1S/C17H20N2O6/c1-24-12-4-2-3-11(7-12)8-17(9-13(21)14(10-20)25-17)19-6-5-15(22)18-16(19)23/h2-7,13-14,20-21H,8-10H2,1H3,(H,18,22,23)/t13-,14+,17+/m0/s1. The maximum atomic E-state index is 12.3. The van der Waals surface area contributed by atoms with Crippen LogP contribution in [0.4, 0.5) is 0 Å². The van der Waals surface area contributed by atoms with Crippen LogP contribution in [0.1, 0.15) is 12.0 Å². The summed E-state index contributed by atoms with van der Waals surface area (Å²) in [5.74, 6) is 0.652. The van der Waals surface area contributed by atoms with E-state index in [-0.39, 0.29) is 19.4 Å². The normalized spacial score (nSPS) is 25.9. The monoisotopic (exact) mass is 348 g/mol. The molecule has 8 nitrogen and oxygen atoms in total. The Morgan fingerprint density at radius 1 is 1.40 bits per heavy atom. The van der Waals surface area contributed by atoms with E-state index in [4.69, 9.17) is 9.47 Å². The van der Waals surface area contributed by atoms with Crippen molar-refractivity contribution < 1.29 is 19.7 Å². The average molecular weight is 348 g/mol. The lowest BCUT2D eigenvalue weighted by Crippen LogP contribution is -2.45. The van der Waals surface area contributed by atoms with Gasteiger partial charge in [0.25, 0.3) is 5.56 Å². The molecule has 1 aliphatic heterocycles. The van der Waals surface area contributed by atoms with Gasteiger partial charge in [-0.2, -0.15) is 0 Å². The first-order chi connectivity index (χ1) is 12.0. The van der Waals surface area contributed by atoms with Gasteiger partial charge in [-0.25, -0.2) is 4.79 Å². The summed E-state index contributed by atoms with van der Waals surface area (Å²) in [6.07, 6.45) is -0.0577. The van der Waals surface area contributed by atoms with E-state index in [9.17, 15) is 19.8 Å². The number of benzene rings is 1. The summed E-state index contributed by atoms with van der Waals surface area (Å²) >= 11 is 0. The highest BCUT2D eigenvalue weighted by Crippen LogP contribution is 2.37. The van der Waals surface area contributed by atoms with Gasteiger partial charge >= 0.3 is 5.69 Å². The van der Waals surface area contributed by atoms with Crippen molar-refractivity contribution in [3.8, 4) is 5.75 Å². The zero-order chi connectivity index (χ0) is 18.0. The van der Waals surface area contributed by atoms with Crippen molar-refractivity contribution in [2.45, 2.75) is 30.8 Å². The number of nitrogens with zero attached hydrogens (tertiary/aromatic N) is 1. The van der Waals surface area contributed by atoms with Crippen LogP contribution in [0.25, 0.3) is 0 Å². The van der Waals surface area contributed by atoms with Crippen molar-refractivity contribution >= 4 is 0 Å². The van der Waals surface area contributed by atoms with Crippen LogP contribution < -0.4 is 16.0 Å². The number of methoxy groups -OCH3 is 1. The molecule has 0 aliphatic carbocycles. The summed E-state index contributed by atoms with van der Waals surface area (Å²) in [5, 5.41) is 19.6. The third-order valence-electron chi connectivity index (χ3n) is 4.39. The molecule has 0 bridgehead atoms. The predicted octanol–water partition coefficient (Wildman–Crippen LogP) is -0.417. The molecule has 0 saturated carbocycles. The van der Waals surface area contributed by atoms with Gasteiger partial charge in [0.1, 0.15) is 11.9 Å². The quantitative estimate of drug-likeness (QED) is 0.676. The van der Waals surface area contributed by atoms with E-state index in [2.05, 4.69) is 4.98 Å². The summed E-state index contributed by atoms with van der Waals surface area (Å²) in [5.41, 5.74) is -1.56. The van der Waals surface area contributed by atoms with Gasteiger partial charge in [0.15, 0.2) is 5.72 Å². The fourth-order valence-electron chi connectivity index (χ4n) is 3.22. The van der Waals surface area contributed by atoms with Crippen molar-refractivity contribution in [2.75, 3.05) is 13.7 Å². The first-order valence-corrected chi connectivity index (χ1v) is 7.89. The van der Waals surface area contributed by atoms with Gasteiger partial charge in [0.2, 0.25) is 0 Å². The minimum Gasteiger partial charge on any atom is -0.497 e. The minimum atomic E-state index is -1.22. The van der Waals surface area contributed by atoms with Gasteiger partial charge in [-0.1, -0.05) is 12.1 Å². The Balaban J connectivity index is 2.06. The molecule has 0 radical (unpaired) electrons. The Labute approximate surface area is 143 Å². The van der Waals surface area contributed by atoms with E-state index in [0.717, 1.165) is 5.56 Å². The number of hydrogen-bond acceptors (Lipinski definition) is 6. The Kier molecular flexibility index (Phi) is 4.76. The molecule has 0 unspecified atom stereocenters. The smallest absolute Gasteiger partial charge is 0.330 e. The SMILES string of the molecule is COc1cccc(C[C@]2(n3ccc(=O)[nH]c3=O)C[C@H](O)[C@@H](CO)O2)c1. The van der Waals surface area contributed by atoms with Gasteiger partial charge in [-0.05, 0) is 17.7 Å². The molecule has 134 valence electrons. The summed E-state index contributed by atoms with van der Waals surface area (Å²) in [6, 6.07) is 8.48. The van der Waals surface area contributed by atoms with Gasteiger partial charge in [0.05, 0.1) is 19.8 Å². The Hall–Kier alpha value is -2.42. The van der Waals surface area contributed by atoms with Gasteiger partial charge < -0.3 is 19.7 Å². The van der Waals surface area contributed by atoms with Crippen LogP contribution in [0.2, 0.25) is 0 Å². The number of rotatable bonds is 5. The van der Waals surface area contributed by atoms with E-state index in [1.54, 1.807) is 19.2 Å². The van der Waals surface area contributed by atoms with Crippen molar-refractivity contribution in [1.82, 2.24) is 9.55 Å². The molecule has 3 N–H and O–H groups in total. The molecule has 3 rings (SSSR count). The molecule has 2 heterocycles. The van der Waals surface area contributed by atoms with Gasteiger partial charge in [-0.15, -0.1) is 0 Å². The Morgan fingerprint density at radius 3 is 2.84 bits per heavy atom. The van der Waals surface area contributed by atoms with Crippen LogP contribution in [0, 0.1) is 0 Å². The summed E-state index contributed by atoms with van der Waals surface area (Å²) in [6.45, 7) is -0.376. The number of ether oxygens (including phenoxy) is 2. The number of aliphatic hydroxyl groups excluding tert-OH is 2. The predicted molar refractivity (Wildman–Crippen MR) is 88.6 cm³/mol. The van der Waals surface area contributed by atoms with Crippen LogP contribution in [0.3, 0.4) is 0 Å². The summed E-state index contributed by atoms with van der Waals surface area (Å²) in [4.78, 5) is 25.9. The van der Waals surface area contributed by atoms with E-state index in [0.29, 0.717) is 5.75 Å². The highest BCUT2D eigenvalue weighted by atomic mass is 16.6. The summed E-state index contributed by atoms with van der Waals surface area (Å²) < 4.78 is 12.4. The molecule has 0 spiro atoms. The van der Waals surface area contributed by atoms with Crippen LogP contribution in [-0.4, -0.2) is 45.7 Å². The summed E-state index contributed by atoms with van der Waals surface area (Å²) in [7, 11) is 1.55. The zero-order valence-electron chi connectivity index (χ0n) is 13.7. The second kappa shape index (κ2) is 6.83. The first-order valence-electron chi connectivity index (χ1n) is 7.89. The molecule has 1 aliphatic rings. The van der Waals surface area contributed by atoms with Gasteiger partial charge in [0, 0.05) is 25.1 Å². The fourth-order valence-corrected chi connectivity index (χ4v) is 3.22. The van der Waals surface area contributed by atoms with Crippen LogP contribution in [0.15, 0.2) is 46.1 Å². The van der Waals surface area contributed by atoms with E-state index < -0.39 is 29.2 Å². The first kappa shape index (κ1) is 17.4. The number of aromatic nitrogens is 2. The van der Waals surface area contributed by atoms with E-state index in [1.807, 2.05) is 12.1 Å². The highest BCUT2D eigenvalue weighted by molar-refractivity contribution is 5.29. The molecule has 1 saturated heterocycles. The molecule has 1 aromatic carbocycles. The molecule has 25 heavy (non-hydrogen) atoms. The minimum absolute atomic E-state index is 0.0986. The number of H-pyrrole nitrogens is 1. The van der Waals surface area contributed by atoms with E-state index in [1.165, 1.54) is 16.8 Å². The van der Waals surface area contributed by atoms with Crippen LogP contribution in [0.5, 0.6) is 5.75 Å². The molecule has 8 heteroatoms. The number of aromatic amines is 1. The molecule has 0 amide bonds. The molecule has 2 aromatic rings. The maximum Gasteiger partial charge on any atom is 0.330 e. The van der Waals surface area contributed by atoms with Crippen molar-refractivity contribution in [2.24, 2.45) is 0 Å². The van der Waals surface area contributed by atoms with Crippen molar-refractivity contribution in [3.05, 3.63) is 62.9 Å². The van der Waals surface area contributed by atoms with Crippen LogP contribution >= 0.6 is 0 Å². The number of hydrogen-bond donors (Lipinski definition) is 3. The van der Waals surface area contributed by atoms with Crippen LogP contribution in [-0.2, 0) is 16.9 Å². The highest BCUT2D eigenvalue weighted by Gasteiger charge is 2.47. The molecule has 3 atom stereocenters. The van der Waals surface area contributed by atoms with Crippen molar-refractivity contribution in [3.63, 3.8) is 0 Å². The second-order valence-electron chi connectivity index (χ2n) is 6.06. The lowest BCUT2D eigenvalue weighted by Gasteiger charge is -2.31. The third kappa shape index (κ3) is 3.37. The largest absolute Gasteiger partial charge is 0.497 e. The lowest BCUT2D eigenvalue weighted by atomic mass is 9.97. The van der Waals surface area contributed by atoms with Crippen molar-refractivity contribution in [1.29, 1.82) is 0 Å². The number of aliphatic hydroxyl groups is 2. The maximum absolute atomic E-state index is 12.3. The fraction of sp³-hybridized carbons (Fsp3) is 0.412. The molecule has 1 fully saturated rings. The second-order valence-corrected chi connectivity index (χ2v) is 6.06. The average Bonchev–Trinajstić information content (AvgIpc) is 2.91. The topological polar surface area (TPSA) is 114 Å². The van der Waals surface area contributed by atoms with Gasteiger partial charge in [-0.3, -0.25) is 14.3 Å². The third-order valence-corrected chi connectivity index (χ3v) is 4.39. The molecular weight excluding hydrogens is 328 g/mol. The Bertz CT molecular complexity index is 860.